The first-order chi connectivity index (χ1) is 17.7. The first-order valence-electron chi connectivity index (χ1n) is 12.5. The smallest absolute Gasteiger partial charge is 0.368 e. The topological polar surface area (TPSA) is 39.3 Å². The molecule has 4 aromatic rings. The Hall–Kier alpha value is -3.74. The molecule has 192 valence electrons. The Bertz CT molecular complexity index is 1420. The summed E-state index contributed by atoms with van der Waals surface area (Å²) in [4.78, 5) is 20.7. The van der Waals surface area contributed by atoms with Gasteiger partial charge in [0.05, 0.1) is 5.56 Å². The van der Waals surface area contributed by atoms with Crippen LogP contribution < -0.4 is 4.90 Å². The highest BCUT2D eigenvalue weighted by Crippen LogP contribution is 2.36. The van der Waals surface area contributed by atoms with E-state index in [0.29, 0.717) is 38.3 Å². The molecule has 1 N–H and O–H groups in total. The molecule has 1 saturated heterocycles. The van der Waals surface area contributed by atoms with E-state index >= 15 is 0 Å². The number of carbonyl (C=O) groups excluding carboxylic acids is 1. The van der Waals surface area contributed by atoms with Gasteiger partial charge in [0, 0.05) is 61.3 Å². The Labute approximate surface area is 214 Å². The molecule has 5 rings (SSSR count). The van der Waals surface area contributed by atoms with Crippen LogP contribution in [0.2, 0.25) is 0 Å². The summed E-state index contributed by atoms with van der Waals surface area (Å²) in [6.45, 7) is 6.09. The van der Waals surface area contributed by atoms with Gasteiger partial charge in [0.15, 0.2) is 0 Å². The van der Waals surface area contributed by atoms with E-state index in [1.165, 1.54) is 17.7 Å². The molecule has 2 heterocycles. The van der Waals surface area contributed by atoms with Crippen molar-refractivity contribution in [1.82, 2.24) is 9.88 Å². The first kappa shape index (κ1) is 24.9. The minimum atomic E-state index is -4.38. The molecule has 4 nitrogen and oxygen atoms in total. The highest BCUT2D eigenvalue weighted by Gasteiger charge is 2.32. The summed E-state index contributed by atoms with van der Waals surface area (Å²) in [7, 11) is 0. The molecule has 0 spiro atoms. The third-order valence-electron chi connectivity index (χ3n) is 7.35. The van der Waals surface area contributed by atoms with E-state index in [2.05, 4.69) is 43.1 Å². The number of nitrogens with zero attached hydrogens (tertiary/aromatic N) is 2. The number of hydrogen-bond acceptors (Lipinski definition) is 2. The number of piperazine rings is 1. The van der Waals surface area contributed by atoms with E-state index in [9.17, 15) is 18.0 Å². The Kier molecular flexibility index (Phi) is 6.71. The zero-order chi connectivity index (χ0) is 26.2. The Morgan fingerprint density at radius 2 is 1.68 bits per heavy atom. The van der Waals surface area contributed by atoms with Crippen LogP contribution in [0.15, 0.2) is 72.9 Å². The second kappa shape index (κ2) is 9.96. The molecule has 37 heavy (non-hydrogen) atoms. The standard InChI is InChI=1S/C30H30F3N3O/c1-20-10-11-24(21(2)16-20)26(27-19-34-28-9-4-3-8-25(27)28)18-29(37)36-14-12-35(13-15-36)23-7-5-6-22(17-23)30(31,32)33/h3-11,16-17,19,26,34H,12-15,18H2,1-2H3. The second-order valence-electron chi connectivity index (χ2n) is 9.82. The number of alkyl halides is 3. The van der Waals surface area contributed by atoms with Crippen molar-refractivity contribution in [3.8, 4) is 0 Å². The van der Waals surface area contributed by atoms with Crippen LogP contribution in [0.25, 0.3) is 10.9 Å². The van der Waals surface area contributed by atoms with Gasteiger partial charge in [0.25, 0.3) is 0 Å². The number of amides is 1. The first-order valence-corrected chi connectivity index (χ1v) is 12.5. The van der Waals surface area contributed by atoms with Crippen molar-refractivity contribution in [2.24, 2.45) is 0 Å². The van der Waals surface area contributed by atoms with E-state index in [4.69, 9.17) is 0 Å². The SMILES string of the molecule is Cc1ccc(C(CC(=O)N2CCN(c3cccc(C(F)(F)F)c3)CC2)c2c[nH]c3ccccc23)c(C)c1. The van der Waals surface area contributed by atoms with Crippen molar-refractivity contribution in [2.75, 3.05) is 31.1 Å². The van der Waals surface area contributed by atoms with Gasteiger partial charge in [0.2, 0.25) is 5.91 Å². The van der Waals surface area contributed by atoms with Gasteiger partial charge in [0.1, 0.15) is 0 Å². The molecule has 1 amide bonds. The zero-order valence-electron chi connectivity index (χ0n) is 21.0. The molecule has 1 aliphatic rings. The van der Waals surface area contributed by atoms with Crippen molar-refractivity contribution in [3.63, 3.8) is 0 Å². The van der Waals surface area contributed by atoms with Gasteiger partial charge in [-0.3, -0.25) is 4.79 Å². The average Bonchev–Trinajstić information content (AvgIpc) is 3.31. The summed E-state index contributed by atoms with van der Waals surface area (Å²) in [6.07, 6.45) is -2.04. The number of H-pyrrole nitrogens is 1. The van der Waals surface area contributed by atoms with Gasteiger partial charge in [-0.25, -0.2) is 0 Å². The number of aromatic amines is 1. The molecule has 1 unspecified atom stereocenters. The molecule has 0 radical (unpaired) electrons. The summed E-state index contributed by atoms with van der Waals surface area (Å²) in [5.41, 5.74) is 5.47. The summed E-state index contributed by atoms with van der Waals surface area (Å²) in [5, 5.41) is 1.11. The highest BCUT2D eigenvalue weighted by atomic mass is 19.4. The molecule has 0 bridgehead atoms. The monoisotopic (exact) mass is 505 g/mol. The van der Waals surface area contributed by atoms with E-state index in [1.54, 1.807) is 6.07 Å². The maximum atomic E-state index is 13.6. The fourth-order valence-corrected chi connectivity index (χ4v) is 5.38. The van der Waals surface area contributed by atoms with Crippen LogP contribution in [0.1, 0.15) is 40.2 Å². The zero-order valence-corrected chi connectivity index (χ0v) is 21.0. The highest BCUT2D eigenvalue weighted by molar-refractivity contribution is 5.86. The summed E-state index contributed by atoms with van der Waals surface area (Å²) < 4.78 is 39.5. The lowest BCUT2D eigenvalue weighted by Gasteiger charge is -2.37. The van der Waals surface area contributed by atoms with Gasteiger partial charge in [-0.2, -0.15) is 13.2 Å². The lowest BCUT2D eigenvalue weighted by Crippen LogP contribution is -2.49. The number of nitrogens with one attached hydrogen (secondary N) is 1. The molecule has 0 aliphatic carbocycles. The predicted molar refractivity (Wildman–Crippen MR) is 141 cm³/mol. The van der Waals surface area contributed by atoms with Gasteiger partial charge >= 0.3 is 6.18 Å². The number of aryl methyl sites for hydroxylation is 2. The summed E-state index contributed by atoms with van der Waals surface area (Å²) in [5.74, 6) is -0.0512. The largest absolute Gasteiger partial charge is 0.416 e. The normalized spacial score (nSPS) is 15.3. The maximum Gasteiger partial charge on any atom is 0.416 e. The molecule has 1 aromatic heterocycles. The van der Waals surface area contributed by atoms with Crippen LogP contribution in [-0.4, -0.2) is 42.0 Å². The Balaban J connectivity index is 1.35. The van der Waals surface area contributed by atoms with Crippen LogP contribution in [0.3, 0.4) is 0 Å². The van der Waals surface area contributed by atoms with Crippen LogP contribution in [0.5, 0.6) is 0 Å². The van der Waals surface area contributed by atoms with Crippen molar-refractivity contribution in [2.45, 2.75) is 32.4 Å². The van der Waals surface area contributed by atoms with Crippen molar-refractivity contribution in [3.05, 3.63) is 101 Å². The number of para-hydroxylation sites is 1. The van der Waals surface area contributed by atoms with Crippen molar-refractivity contribution in [1.29, 1.82) is 0 Å². The maximum absolute atomic E-state index is 13.6. The molecule has 1 fully saturated rings. The molecule has 1 aliphatic heterocycles. The minimum Gasteiger partial charge on any atom is -0.368 e. The minimum absolute atomic E-state index is 0.0546. The van der Waals surface area contributed by atoms with Crippen molar-refractivity contribution < 1.29 is 18.0 Å². The quantitative estimate of drug-likeness (QED) is 0.329. The lowest BCUT2D eigenvalue weighted by atomic mass is 9.85. The number of halogens is 3. The van der Waals surface area contributed by atoms with E-state index in [0.717, 1.165) is 33.7 Å². The number of carbonyl (C=O) groups is 1. The van der Waals surface area contributed by atoms with Crippen LogP contribution in [0, 0.1) is 13.8 Å². The third-order valence-corrected chi connectivity index (χ3v) is 7.35. The van der Waals surface area contributed by atoms with Gasteiger partial charge < -0.3 is 14.8 Å². The molecule has 0 saturated carbocycles. The number of benzene rings is 3. The predicted octanol–water partition coefficient (Wildman–Crippen LogP) is 6.67. The number of aromatic nitrogens is 1. The van der Waals surface area contributed by atoms with Crippen LogP contribution >= 0.6 is 0 Å². The van der Waals surface area contributed by atoms with E-state index < -0.39 is 11.7 Å². The Morgan fingerprint density at radius 1 is 0.919 bits per heavy atom. The molecular formula is C30H30F3N3O. The number of rotatable bonds is 5. The lowest BCUT2D eigenvalue weighted by molar-refractivity contribution is -0.137. The Morgan fingerprint density at radius 3 is 2.41 bits per heavy atom. The molecule has 1 atom stereocenters. The molecule has 3 aromatic carbocycles. The van der Waals surface area contributed by atoms with Crippen molar-refractivity contribution >= 4 is 22.5 Å². The average molecular weight is 506 g/mol. The van der Waals surface area contributed by atoms with E-state index in [-0.39, 0.29) is 11.8 Å². The fourth-order valence-electron chi connectivity index (χ4n) is 5.38. The van der Waals surface area contributed by atoms with Crippen LogP contribution in [-0.2, 0) is 11.0 Å². The van der Waals surface area contributed by atoms with Crippen LogP contribution in [0.4, 0.5) is 18.9 Å². The summed E-state index contributed by atoms with van der Waals surface area (Å²) >= 11 is 0. The van der Waals surface area contributed by atoms with Gasteiger partial charge in [-0.15, -0.1) is 0 Å². The fraction of sp³-hybridized carbons (Fsp3) is 0.300. The second-order valence-corrected chi connectivity index (χ2v) is 9.82. The molecule has 7 heteroatoms. The van der Waals surface area contributed by atoms with Gasteiger partial charge in [-0.05, 0) is 54.8 Å². The number of hydrogen-bond donors (Lipinski definition) is 1. The molecular weight excluding hydrogens is 475 g/mol. The number of fused-ring (bicyclic) bond motifs is 1. The van der Waals surface area contributed by atoms with E-state index in [1.807, 2.05) is 34.2 Å². The third kappa shape index (κ3) is 5.22. The van der Waals surface area contributed by atoms with Gasteiger partial charge in [-0.1, -0.05) is 48.0 Å². The summed E-state index contributed by atoms with van der Waals surface area (Å²) in [6, 6.07) is 19.9. The number of anilines is 1.